The van der Waals surface area contributed by atoms with E-state index in [2.05, 4.69) is 55.0 Å². The van der Waals surface area contributed by atoms with E-state index in [-0.39, 0.29) is 24.1 Å². The van der Waals surface area contributed by atoms with Crippen LogP contribution in [-0.4, -0.2) is 87.6 Å². The summed E-state index contributed by atoms with van der Waals surface area (Å²) in [6.45, 7) is 10.9. The third kappa shape index (κ3) is 8.51. The van der Waals surface area contributed by atoms with Crippen LogP contribution < -0.4 is 16.0 Å². The van der Waals surface area contributed by atoms with Gasteiger partial charge in [-0.25, -0.2) is 14.8 Å². The van der Waals surface area contributed by atoms with Crippen molar-refractivity contribution in [2.75, 3.05) is 38.0 Å². The lowest BCUT2D eigenvalue weighted by atomic mass is 9.96. The summed E-state index contributed by atoms with van der Waals surface area (Å²) in [4.78, 5) is 39.5. The van der Waals surface area contributed by atoms with Gasteiger partial charge in [0.05, 0.1) is 17.7 Å². The molecule has 1 atom stereocenters. The normalized spacial score (nSPS) is 19.3. The highest BCUT2D eigenvalue weighted by Crippen LogP contribution is 2.37. The maximum atomic E-state index is 13.0. The summed E-state index contributed by atoms with van der Waals surface area (Å²) in [7, 11) is 0. The molecular formula is C36H48N8O3. The maximum Gasteiger partial charge on any atom is 0.407 e. The highest BCUT2D eigenvalue weighted by atomic mass is 16.6. The van der Waals surface area contributed by atoms with Gasteiger partial charge in [0.2, 0.25) is 0 Å². The zero-order chi connectivity index (χ0) is 32.8. The van der Waals surface area contributed by atoms with Gasteiger partial charge in [-0.3, -0.25) is 4.79 Å². The van der Waals surface area contributed by atoms with Crippen molar-refractivity contribution >= 4 is 29.2 Å². The molecule has 1 unspecified atom stereocenters. The topological polar surface area (TPSA) is 116 Å². The van der Waals surface area contributed by atoms with Gasteiger partial charge in [0.1, 0.15) is 17.5 Å². The third-order valence-electron chi connectivity index (χ3n) is 9.18. The summed E-state index contributed by atoms with van der Waals surface area (Å²) in [5, 5.41) is 9.84. The summed E-state index contributed by atoms with van der Waals surface area (Å²) in [6, 6.07) is 16.7. The van der Waals surface area contributed by atoms with Gasteiger partial charge in [0, 0.05) is 69.3 Å². The Kier molecular flexibility index (Phi) is 10.1. The third-order valence-corrected chi connectivity index (χ3v) is 9.18. The molecule has 11 heteroatoms. The van der Waals surface area contributed by atoms with Gasteiger partial charge in [-0.05, 0) is 76.6 Å². The monoisotopic (exact) mass is 640 g/mol. The van der Waals surface area contributed by atoms with Crippen molar-refractivity contribution in [3.05, 3.63) is 78.4 Å². The molecule has 3 N–H and O–H groups in total. The Bertz CT molecular complexity index is 1520. The Balaban J connectivity index is 1.07. The van der Waals surface area contributed by atoms with E-state index in [1.807, 2.05) is 55.8 Å². The second-order valence-corrected chi connectivity index (χ2v) is 13.8. The van der Waals surface area contributed by atoms with Crippen molar-refractivity contribution in [2.45, 2.75) is 83.1 Å². The second-order valence-electron chi connectivity index (χ2n) is 13.8. The minimum atomic E-state index is -0.486. The molecular weight excluding hydrogens is 592 g/mol. The Morgan fingerprint density at radius 1 is 1.00 bits per heavy atom. The Labute approximate surface area is 277 Å². The number of nitrogens with one attached hydrogen (secondary N) is 3. The van der Waals surface area contributed by atoms with Gasteiger partial charge in [-0.1, -0.05) is 30.3 Å². The van der Waals surface area contributed by atoms with Crippen molar-refractivity contribution in [3.63, 3.8) is 0 Å². The minimum Gasteiger partial charge on any atom is -0.444 e. The van der Waals surface area contributed by atoms with E-state index in [0.717, 1.165) is 87.6 Å². The first-order chi connectivity index (χ1) is 22.7. The first-order valence-electron chi connectivity index (χ1n) is 17.0. The lowest BCUT2D eigenvalue weighted by Crippen LogP contribution is -2.53. The lowest BCUT2D eigenvalue weighted by Gasteiger charge is -2.44. The van der Waals surface area contributed by atoms with E-state index in [1.165, 1.54) is 0 Å². The number of amidine groups is 1. The number of likely N-dealkylation sites (tertiary alicyclic amines) is 2. The van der Waals surface area contributed by atoms with Crippen molar-refractivity contribution in [3.8, 4) is 0 Å². The van der Waals surface area contributed by atoms with E-state index in [1.54, 1.807) is 12.5 Å². The molecule has 0 spiro atoms. The van der Waals surface area contributed by atoms with E-state index < -0.39 is 5.60 Å². The SMILES string of the molecule is CC(C)(C)OC(=O)NC1CCN(C2CCN(C3=Nc4ccc(C(=O)NCCCn5ccnc5)cc4NC3c3ccccc3)CC2)CC1. The standard InChI is InChI=1S/C36H48N8O3/c1-36(2,3)47-35(46)39-28-12-19-43(20-13-28)29-14-21-44(22-15-29)33-32(26-8-5-4-6-9-26)40-31-24-27(10-11-30(31)41-33)34(45)38-16-7-18-42-23-17-37-25-42/h4-6,8-11,17,23-25,28-29,32,40H,7,12-16,18-22H2,1-3H3,(H,38,45)(H,39,46). The fraction of sp³-hybridized carbons (Fsp3) is 0.500. The number of aryl methyl sites for hydroxylation is 1. The van der Waals surface area contributed by atoms with Crippen molar-refractivity contribution in [2.24, 2.45) is 4.99 Å². The van der Waals surface area contributed by atoms with E-state index in [4.69, 9.17) is 9.73 Å². The van der Waals surface area contributed by atoms with Gasteiger partial charge in [0.15, 0.2) is 0 Å². The number of aromatic nitrogens is 2. The first kappa shape index (κ1) is 32.6. The molecule has 0 bridgehead atoms. The first-order valence-corrected chi connectivity index (χ1v) is 17.0. The summed E-state index contributed by atoms with van der Waals surface area (Å²) in [5.74, 6) is 0.942. The minimum absolute atomic E-state index is 0.0852. The van der Waals surface area contributed by atoms with Crippen LogP contribution in [0.25, 0.3) is 0 Å². The number of fused-ring (bicyclic) bond motifs is 1. The summed E-state index contributed by atoms with van der Waals surface area (Å²) in [5.41, 5.74) is 3.00. The second kappa shape index (κ2) is 14.6. The molecule has 6 rings (SSSR count). The molecule has 4 heterocycles. The van der Waals surface area contributed by atoms with Crippen LogP contribution in [0.15, 0.2) is 72.2 Å². The van der Waals surface area contributed by atoms with Crippen LogP contribution in [0, 0.1) is 0 Å². The quantitative estimate of drug-likeness (QED) is 0.284. The molecule has 11 nitrogen and oxygen atoms in total. The Hall–Kier alpha value is -4.38. The molecule has 2 amide bonds. The van der Waals surface area contributed by atoms with E-state index in [9.17, 15) is 9.59 Å². The van der Waals surface area contributed by atoms with Crippen LogP contribution in [0.2, 0.25) is 0 Å². The maximum absolute atomic E-state index is 13.0. The molecule has 3 aliphatic heterocycles. The van der Waals surface area contributed by atoms with Crippen molar-refractivity contribution in [1.82, 2.24) is 30.0 Å². The van der Waals surface area contributed by atoms with Crippen LogP contribution in [-0.2, 0) is 11.3 Å². The fourth-order valence-electron chi connectivity index (χ4n) is 6.76. The smallest absolute Gasteiger partial charge is 0.407 e. The number of hydrogen-bond acceptors (Lipinski definition) is 8. The lowest BCUT2D eigenvalue weighted by molar-refractivity contribution is 0.0454. The van der Waals surface area contributed by atoms with Crippen LogP contribution in [0.3, 0.4) is 0 Å². The predicted molar refractivity (Wildman–Crippen MR) is 184 cm³/mol. The van der Waals surface area contributed by atoms with E-state index in [0.29, 0.717) is 18.2 Å². The van der Waals surface area contributed by atoms with Gasteiger partial charge in [-0.15, -0.1) is 0 Å². The van der Waals surface area contributed by atoms with Gasteiger partial charge < -0.3 is 35.1 Å². The van der Waals surface area contributed by atoms with Crippen LogP contribution in [0.5, 0.6) is 0 Å². The van der Waals surface area contributed by atoms with Gasteiger partial charge in [-0.2, -0.15) is 0 Å². The number of aliphatic imine (C=N–C) groups is 1. The molecule has 1 aromatic heterocycles. The number of benzene rings is 2. The van der Waals surface area contributed by atoms with Gasteiger partial charge >= 0.3 is 6.09 Å². The molecule has 0 aliphatic carbocycles. The van der Waals surface area contributed by atoms with Crippen LogP contribution in [0.1, 0.15) is 74.8 Å². The number of carbonyl (C=O) groups is 2. The molecule has 2 aromatic carbocycles. The number of carbonyl (C=O) groups excluding carboxylic acids is 2. The average Bonchev–Trinajstić information content (AvgIpc) is 3.59. The molecule has 3 aliphatic rings. The molecule has 0 saturated carbocycles. The summed E-state index contributed by atoms with van der Waals surface area (Å²) in [6.07, 6.45) is 9.99. The summed E-state index contributed by atoms with van der Waals surface area (Å²) < 4.78 is 7.46. The Morgan fingerprint density at radius 2 is 1.77 bits per heavy atom. The number of piperidine rings is 2. The van der Waals surface area contributed by atoms with Crippen LogP contribution in [0.4, 0.5) is 16.2 Å². The molecule has 2 saturated heterocycles. The number of rotatable bonds is 8. The highest BCUT2D eigenvalue weighted by Gasteiger charge is 2.34. The number of alkyl carbamates (subject to hydrolysis) is 1. The molecule has 2 fully saturated rings. The van der Waals surface area contributed by atoms with Crippen LogP contribution >= 0.6 is 0 Å². The largest absolute Gasteiger partial charge is 0.444 e. The molecule has 0 radical (unpaired) electrons. The number of imidazole rings is 1. The number of anilines is 1. The van der Waals surface area contributed by atoms with Crippen molar-refractivity contribution in [1.29, 1.82) is 0 Å². The average molecular weight is 641 g/mol. The summed E-state index contributed by atoms with van der Waals surface area (Å²) >= 11 is 0. The number of hydrogen-bond donors (Lipinski definition) is 3. The zero-order valence-corrected chi connectivity index (χ0v) is 27.8. The zero-order valence-electron chi connectivity index (χ0n) is 27.8. The predicted octanol–water partition coefficient (Wildman–Crippen LogP) is 5.35. The Morgan fingerprint density at radius 3 is 2.47 bits per heavy atom. The molecule has 3 aromatic rings. The number of amides is 2. The van der Waals surface area contributed by atoms with Crippen molar-refractivity contribution < 1.29 is 14.3 Å². The van der Waals surface area contributed by atoms with E-state index >= 15 is 0 Å². The fourth-order valence-corrected chi connectivity index (χ4v) is 6.76. The molecule has 250 valence electrons. The molecule has 47 heavy (non-hydrogen) atoms. The van der Waals surface area contributed by atoms with Gasteiger partial charge in [0.25, 0.3) is 5.91 Å². The number of nitrogens with zero attached hydrogens (tertiary/aromatic N) is 5. The number of ether oxygens (including phenoxy) is 1. The highest BCUT2D eigenvalue weighted by molar-refractivity contribution is 6.00.